The van der Waals surface area contributed by atoms with Gasteiger partial charge in [-0.25, -0.2) is 4.79 Å². The van der Waals surface area contributed by atoms with Gasteiger partial charge in [0.05, 0.1) is 4.92 Å². The molecule has 0 atom stereocenters. The van der Waals surface area contributed by atoms with Crippen LogP contribution in [0.5, 0.6) is 0 Å². The van der Waals surface area contributed by atoms with Crippen LogP contribution in [-0.2, 0) is 0 Å². The Morgan fingerprint density at radius 3 is 2.57 bits per heavy atom. The molecule has 0 aliphatic rings. The molecule has 0 radical (unpaired) electrons. The van der Waals surface area contributed by atoms with E-state index >= 15 is 0 Å². The van der Waals surface area contributed by atoms with Crippen molar-refractivity contribution in [2.45, 2.75) is 6.92 Å². The van der Waals surface area contributed by atoms with Crippen LogP contribution < -0.4 is 10.6 Å². The summed E-state index contributed by atoms with van der Waals surface area (Å²) < 4.78 is 0. The zero-order chi connectivity index (χ0) is 15.4. The van der Waals surface area contributed by atoms with E-state index in [1.54, 1.807) is 31.2 Å². The second-order valence-corrected chi connectivity index (χ2v) is 4.78. The molecule has 0 spiro atoms. The van der Waals surface area contributed by atoms with Crippen LogP contribution in [0.1, 0.15) is 5.56 Å². The van der Waals surface area contributed by atoms with Crippen molar-refractivity contribution in [3.63, 3.8) is 0 Å². The monoisotopic (exact) mass is 305 g/mol. The van der Waals surface area contributed by atoms with E-state index in [-0.39, 0.29) is 5.69 Å². The summed E-state index contributed by atoms with van der Waals surface area (Å²) in [5.41, 5.74) is 1.64. The molecule has 2 N–H and O–H groups in total. The summed E-state index contributed by atoms with van der Waals surface area (Å²) in [4.78, 5) is 22.0. The van der Waals surface area contributed by atoms with E-state index in [4.69, 9.17) is 11.6 Å². The van der Waals surface area contributed by atoms with Crippen molar-refractivity contribution >= 4 is 34.7 Å². The molecular weight excluding hydrogens is 294 g/mol. The van der Waals surface area contributed by atoms with Crippen molar-refractivity contribution in [2.75, 3.05) is 10.6 Å². The molecule has 0 fully saturated rings. The van der Waals surface area contributed by atoms with Crippen LogP contribution in [0.15, 0.2) is 42.5 Å². The minimum absolute atomic E-state index is 0.0201. The summed E-state index contributed by atoms with van der Waals surface area (Å²) in [5.74, 6) is 0. The third-order valence-electron chi connectivity index (χ3n) is 2.75. The zero-order valence-corrected chi connectivity index (χ0v) is 11.8. The number of nitrogens with one attached hydrogen (secondary N) is 2. The van der Waals surface area contributed by atoms with Crippen molar-refractivity contribution in [2.24, 2.45) is 0 Å². The molecule has 7 heteroatoms. The lowest BCUT2D eigenvalue weighted by molar-refractivity contribution is -0.384. The van der Waals surface area contributed by atoms with Crippen molar-refractivity contribution in [1.82, 2.24) is 0 Å². The van der Waals surface area contributed by atoms with Crippen LogP contribution in [-0.4, -0.2) is 11.0 Å². The lowest BCUT2D eigenvalue weighted by atomic mass is 10.2. The standard InChI is InChI=1S/C14H12ClN3O3/c1-9-7-12(18(20)21)5-6-13(9)17-14(19)16-11-4-2-3-10(15)8-11/h2-8H,1H3,(H2,16,17,19). The molecule has 0 saturated heterocycles. The number of carbonyl (C=O) groups excluding carboxylic acids is 1. The molecular formula is C14H12ClN3O3. The normalized spacial score (nSPS) is 10.0. The maximum absolute atomic E-state index is 11.9. The third-order valence-corrected chi connectivity index (χ3v) is 2.99. The summed E-state index contributed by atoms with van der Waals surface area (Å²) in [7, 11) is 0. The number of aryl methyl sites for hydroxylation is 1. The molecule has 0 aliphatic heterocycles. The average Bonchev–Trinajstić information content (AvgIpc) is 2.40. The van der Waals surface area contributed by atoms with Gasteiger partial charge >= 0.3 is 6.03 Å². The highest BCUT2D eigenvalue weighted by Crippen LogP contribution is 2.21. The van der Waals surface area contributed by atoms with E-state index in [1.165, 1.54) is 18.2 Å². The second kappa shape index (κ2) is 6.23. The van der Waals surface area contributed by atoms with Gasteiger partial charge in [0.25, 0.3) is 5.69 Å². The first-order valence-electron chi connectivity index (χ1n) is 6.04. The Morgan fingerprint density at radius 2 is 1.95 bits per heavy atom. The number of nitrogens with zero attached hydrogens (tertiary/aromatic N) is 1. The topological polar surface area (TPSA) is 84.3 Å². The number of urea groups is 1. The smallest absolute Gasteiger partial charge is 0.308 e. The highest BCUT2D eigenvalue weighted by Gasteiger charge is 2.10. The first-order chi connectivity index (χ1) is 9.95. The summed E-state index contributed by atoms with van der Waals surface area (Å²) in [6, 6.07) is 10.5. The van der Waals surface area contributed by atoms with Crippen LogP contribution in [0, 0.1) is 17.0 Å². The molecule has 6 nitrogen and oxygen atoms in total. The number of nitro benzene ring substituents is 1. The molecule has 2 amide bonds. The predicted octanol–water partition coefficient (Wildman–Crippen LogP) is 4.20. The van der Waals surface area contributed by atoms with Gasteiger partial charge in [-0.2, -0.15) is 0 Å². The third kappa shape index (κ3) is 3.93. The van der Waals surface area contributed by atoms with E-state index in [9.17, 15) is 14.9 Å². The first kappa shape index (κ1) is 14.8. The number of amides is 2. The maximum Gasteiger partial charge on any atom is 0.323 e. The number of hydrogen-bond acceptors (Lipinski definition) is 3. The molecule has 0 saturated carbocycles. The number of nitro groups is 1. The zero-order valence-electron chi connectivity index (χ0n) is 11.1. The van der Waals surface area contributed by atoms with Gasteiger partial charge in [0, 0.05) is 28.5 Å². The highest BCUT2D eigenvalue weighted by atomic mass is 35.5. The van der Waals surface area contributed by atoms with Gasteiger partial charge in [-0.1, -0.05) is 17.7 Å². The Morgan fingerprint density at radius 1 is 1.19 bits per heavy atom. The molecule has 0 bridgehead atoms. The van der Waals surface area contributed by atoms with Gasteiger partial charge in [-0.05, 0) is 36.8 Å². The molecule has 2 aromatic rings. The van der Waals surface area contributed by atoms with Gasteiger partial charge < -0.3 is 10.6 Å². The number of hydrogen-bond donors (Lipinski definition) is 2. The number of carbonyl (C=O) groups is 1. The molecule has 0 aromatic heterocycles. The van der Waals surface area contributed by atoms with Crippen LogP contribution >= 0.6 is 11.6 Å². The van der Waals surface area contributed by atoms with E-state index < -0.39 is 11.0 Å². The van der Waals surface area contributed by atoms with Crippen LogP contribution in [0.3, 0.4) is 0 Å². The molecule has 0 aliphatic carbocycles. The Labute approximate surface area is 125 Å². The SMILES string of the molecule is Cc1cc([N+](=O)[O-])ccc1NC(=O)Nc1cccc(Cl)c1. The Kier molecular flexibility index (Phi) is 4.39. The lowest BCUT2D eigenvalue weighted by Gasteiger charge is -2.10. The van der Waals surface area contributed by atoms with E-state index in [2.05, 4.69) is 10.6 Å². The summed E-state index contributed by atoms with van der Waals surface area (Å²) in [6.07, 6.45) is 0. The average molecular weight is 306 g/mol. The van der Waals surface area contributed by atoms with Gasteiger partial charge in [0.1, 0.15) is 0 Å². The fourth-order valence-corrected chi connectivity index (χ4v) is 1.94. The molecule has 0 unspecified atom stereocenters. The fraction of sp³-hybridized carbons (Fsp3) is 0.0714. The molecule has 21 heavy (non-hydrogen) atoms. The molecule has 0 heterocycles. The largest absolute Gasteiger partial charge is 0.323 e. The number of benzene rings is 2. The quantitative estimate of drug-likeness (QED) is 0.658. The molecule has 108 valence electrons. The van der Waals surface area contributed by atoms with Crippen LogP contribution in [0.4, 0.5) is 21.9 Å². The minimum Gasteiger partial charge on any atom is -0.308 e. The number of anilines is 2. The Bertz CT molecular complexity index is 704. The maximum atomic E-state index is 11.9. The second-order valence-electron chi connectivity index (χ2n) is 4.35. The first-order valence-corrected chi connectivity index (χ1v) is 6.42. The predicted molar refractivity (Wildman–Crippen MR) is 81.9 cm³/mol. The van der Waals surface area contributed by atoms with Crippen molar-refractivity contribution < 1.29 is 9.72 Å². The molecule has 2 rings (SSSR count). The lowest BCUT2D eigenvalue weighted by Crippen LogP contribution is -2.19. The van der Waals surface area contributed by atoms with Crippen molar-refractivity contribution in [3.8, 4) is 0 Å². The van der Waals surface area contributed by atoms with Gasteiger partial charge in [-0.15, -0.1) is 0 Å². The molecule has 2 aromatic carbocycles. The van der Waals surface area contributed by atoms with Crippen molar-refractivity contribution in [3.05, 3.63) is 63.2 Å². The number of rotatable bonds is 3. The fourth-order valence-electron chi connectivity index (χ4n) is 1.75. The summed E-state index contributed by atoms with van der Waals surface area (Å²) in [5, 5.41) is 16.4. The highest BCUT2D eigenvalue weighted by molar-refractivity contribution is 6.30. The van der Waals surface area contributed by atoms with E-state index in [1.807, 2.05) is 0 Å². The Hall–Kier alpha value is -2.60. The minimum atomic E-state index is -0.483. The Balaban J connectivity index is 2.08. The summed E-state index contributed by atoms with van der Waals surface area (Å²) in [6.45, 7) is 1.68. The van der Waals surface area contributed by atoms with Crippen LogP contribution in [0.2, 0.25) is 5.02 Å². The summed E-state index contributed by atoms with van der Waals surface area (Å²) >= 11 is 5.83. The van der Waals surface area contributed by atoms with E-state index in [0.29, 0.717) is 22.0 Å². The number of halogens is 1. The van der Waals surface area contributed by atoms with Gasteiger partial charge in [-0.3, -0.25) is 10.1 Å². The van der Waals surface area contributed by atoms with Gasteiger partial charge in [0.2, 0.25) is 0 Å². The number of non-ortho nitro benzene ring substituents is 1. The van der Waals surface area contributed by atoms with Gasteiger partial charge in [0.15, 0.2) is 0 Å². The van der Waals surface area contributed by atoms with Crippen molar-refractivity contribution in [1.29, 1.82) is 0 Å². The van der Waals surface area contributed by atoms with Crippen LogP contribution in [0.25, 0.3) is 0 Å². The van der Waals surface area contributed by atoms with E-state index in [0.717, 1.165) is 0 Å².